The lowest BCUT2D eigenvalue weighted by molar-refractivity contribution is -0.128. The topological polar surface area (TPSA) is 261 Å². The molecule has 4 atom stereocenters. The van der Waals surface area contributed by atoms with Gasteiger partial charge in [0.05, 0.1) is 35.3 Å². The zero-order valence-electron chi connectivity index (χ0n) is 47.9. The summed E-state index contributed by atoms with van der Waals surface area (Å²) in [6, 6.07) is 27.3. The largest absolute Gasteiger partial charge is 0.493 e. The molecule has 0 saturated carbocycles. The Kier molecular flexibility index (Phi) is 19.8. The highest BCUT2D eigenvalue weighted by molar-refractivity contribution is 6.06. The molecule has 4 aromatic carbocycles. The molecule has 0 unspecified atom stereocenters. The Morgan fingerprint density at radius 3 is 2.17 bits per heavy atom. The highest BCUT2D eigenvalue weighted by Gasteiger charge is 2.44. The minimum Gasteiger partial charge on any atom is -0.493 e. The minimum atomic E-state index is -1.46. The van der Waals surface area contributed by atoms with Gasteiger partial charge in [-0.05, 0) is 110 Å². The van der Waals surface area contributed by atoms with Crippen molar-refractivity contribution in [3.8, 4) is 16.9 Å². The quantitative estimate of drug-likeness (QED) is 0.0212. The van der Waals surface area contributed by atoms with Gasteiger partial charge < -0.3 is 59.9 Å². The zero-order chi connectivity index (χ0) is 60.2. The van der Waals surface area contributed by atoms with Gasteiger partial charge in [-0.25, -0.2) is 14.5 Å². The number of hydrogen-bond donors (Lipinski definition) is 6. The molecule has 6 N–H and O–H groups in total. The highest BCUT2D eigenvalue weighted by atomic mass is 16.6. The lowest BCUT2D eigenvalue weighted by atomic mass is 10.00. The Balaban J connectivity index is 0.837. The van der Waals surface area contributed by atoms with Gasteiger partial charge >= 0.3 is 12.2 Å². The number of fused-ring (bicyclic) bond motifs is 2. The van der Waals surface area contributed by atoms with Crippen LogP contribution >= 0.6 is 0 Å². The number of Topliss-reactive ketones (excluding diaryl/α,β-unsaturated/α-hetero) is 1. The normalized spacial score (nSPS) is 15.3. The maximum atomic E-state index is 14.2. The molecule has 0 radical (unpaired) electrons. The average molecular weight is 1150 g/mol. The molecule has 84 heavy (non-hydrogen) atoms. The second kappa shape index (κ2) is 27.5. The predicted octanol–water partition coefficient (Wildman–Crippen LogP) is 8.66. The second-order valence-electron chi connectivity index (χ2n) is 21.3. The lowest BCUT2D eigenvalue weighted by Gasteiger charge is -2.38. The first kappa shape index (κ1) is 60.6. The number of anilines is 4. The van der Waals surface area contributed by atoms with Gasteiger partial charge in [-0.15, -0.1) is 0 Å². The number of nitrogens with one attached hydrogen (secondary N) is 5. The maximum absolute atomic E-state index is 14.2. The van der Waals surface area contributed by atoms with Crippen molar-refractivity contribution in [2.24, 2.45) is 20.0 Å². The molecule has 1 saturated heterocycles. The summed E-state index contributed by atoms with van der Waals surface area (Å²) in [5.41, 5.74) is 6.44. The first-order valence-electron chi connectivity index (χ1n) is 27.9. The maximum Gasteiger partial charge on any atom is 0.416 e. The van der Waals surface area contributed by atoms with Crippen molar-refractivity contribution in [1.29, 1.82) is 0 Å². The number of hydrogen-bond acceptors (Lipinski definition) is 12. The van der Waals surface area contributed by atoms with E-state index in [1.807, 2.05) is 73.9 Å². The number of piperidine rings is 1. The van der Waals surface area contributed by atoms with Gasteiger partial charge in [0, 0.05) is 68.9 Å². The summed E-state index contributed by atoms with van der Waals surface area (Å²) in [5.74, 6) is -2.09. The van der Waals surface area contributed by atoms with E-state index in [9.17, 15) is 43.5 Å². The van der Waals surface area contributed by atoms with Gasteiger partial charge in [-0.1, -0.05) is 81.1 Å². The van der Waals surface area contributed by atoms with Gasteiger partial charge in [0.15, 0.2) is 12.0 Å². The number of ether oxygens (including phenoxy) is 3. The summed E-state index contributed by atoms with van der Waals surface area (Å²) in [5, 5.41) is 25.6. The van der Waals surface area contributed by atoms with Crippen LogP contribution in [0.5, 0.6) is 5.75 Å². The molecule has 4 heterocycles. The van der Waals surface area contributed by atoms with Crippen molar-refractivity contribution in [3.05, 3.63) is 162 Å². The van der Waals surface area contributed by atoms with Crippen molar-refractivity contribution in [2.45, 2.75) is 97.2 Å². The molecule has 21 heteroatoms. The number of carbonyl (C=O) groups is 8. The lowest BCUT2D eigenvalue weighted by Crippen LogP contribution is -2.55. The van der Waals surface area contributed by atoms with Crippen LogP contribution in [-0.2, 0) is 51.0 Å². The minimum absolute atomic E-state index is 0.0340. The van der Waals surface area contributed by atoms with Crippen LogP contribution < -0.4 is 36.2 Å². The zero-order valence-corrected chi connectivity index (χ0v) is 47.9. The SMILES string of the molecule is C=CCOC(=O)N[C@H](C(=O)N[C@@H](C)C(=O)Nc1ccc(COC(=O)N2c3cc(OCCCC(=O)Nc4cc(C(=O)Cc5ccc(-c6cc(C(=O)Nc7ccccc7)n(C)c6)cc5)n(C)c4)c(C)cc3C(=O)N3CCCC[C@H]3[C@@H]2O)cc1)C(C)C. The molecule has 1 fully saturated rings. The number of nitrogens with zero attached hydrogens (tertiary/aromatic N) is 4. The molecule has 2 aliphatic heterocycles. The van der Waals surface area contributed by atoms with Crippen LogP contribution in [0, 0.1) is 12.8 Å². The van der Waals surface area contributed by atoms with Crippen molar-refractivity contribution in [1.82, 2.24) is 24.7 Å². The summed E-state index contributed by atoms with van der Waals surface area (Å²) in [7, 11) is 3.55. The van der Waals surface area contributed by atoms with E-state index in [4.69, 9.17) is 14.2 Å². The summed E-state index contributed by atoms with van der Waals surface area (Å²) in [6.45, 7) is 10.5. The van der Waals surface area contributed by atoms with Crippen LogP contribution in [0.4, 0.5) is 32.3 Å². The highest BCUT2D eigenvalue weighted by Crippen LogP contribution is 2.38. The number of alkyl carbamates (subject to hydrolysis) is 1. The van der Waals surface area contributed by atoms with Crippen LogP contribution in [0.2, 0.25) is 0 Å². The van der Waals surface area contributed by atoms with Crippen molar-refractivity contribution >= 4 is 70.3 Å². The van der Waals surface area contributed by atoms with E-state index in [-0.39, 0.29) is 79.8 Å². The first-order valence-corrected chi connectivity index (χ1v) is 27.9. The molecular weight excluding hydrogens is 1070 g/mol. The van der Waals surface area contributed by atoms with Gasteiger partial charge in [-0.2, -0.15) is 0 Å². The number of amides is 7. The predicted molar refractivity (Wildman–Crippen MR) is 317 cm³/mol. The summed E-state index contributed by atoms with van der Waals surface area (Å²) < 4.78 is 20.4. The Morgan fingerprint density at radius 1 is 0.750 bits per heavy atom. The number of aryl methyl sites for hydroxylation is 3. The number of ketones is 1. The molecule has 2 aromatic heterocycles. The monoisotopic (exact) mass is 1150 g/mol. The molecule has 7 amide bonds. The second-order valence-corrected chi connectivity index (χ2v) is 21.3. The van der Waals surface area contributed by atoms with E-state index in [1.54, 1.807) is 84.4 Å². The van der Waals surface area contributed by atoms with Crippen LogP contribution in [0.3, 0.4) is 0 Å². The van der Waals surface area contributed by atoms with E-state index < -0.39 is 48.4 Å². The van der Waals surface area contributed by atoms with Gasteiger partial charge in [0.25, 0.3) is 11.8 Å². The van der Waals surface area contributed by atoms with Crippen LogP contribution in [0.15, 0.2) is 128 Å². The van der Waals surface area contributed by atoms with Crippen LogP contribution in [0.1, 0.15) is 101 Å². The van der Waals surface area contributed by atoms with Crippen molar-refractivity contribution in [2.75, 3.05) is 40.6 Å². The molecule has 440 valence electrons. The standard InChI is InChI=1S/C63H71N9O12/c1-8-28-83-62(80)68-56(38(2)3)59(77)64-40(5)57(75)66-46-25-21-42(22-26-46)37-84-63(81)72-50-34-54(39(4)30-48(50)60(78)71-27-13-12-17-49(71)61(72)79)82-29-14-18-55(74)65-47-33-51(70(7)36-47)53(73)31-41-19-23-43(24-20-41)44-32-52(69(6)35-44)58(76)67-45-15-10-9-11-16-45/h8-11,15-16,19-26,30,32-36,38,40,49,56,61,79H,1,12-14,17-18,27-29,31,37H2,2-7H3,(H,64,77)(H,65,74)(H,66,75)(H,67,76)(H,68,80)/t40-,49-,56-,61-/m0/s1. The number of aliphatic hydroxyl groups is 1. The third-order valence-corrected chi connectivity index (χ3v) is 14.6. The van der Waals surface area contributed by atoms with E-state index in [0.29, 0.717) is 58.3 Å². The number of rotatable bonds is 22. The first-order chi connectivity index (χ1) is 40.3. The fourth-order valence-corrected chi connectivity index (χ4v) is 10.1. The van der Waals surface area contributed by atoms with E-state index >= 15 is 0 Å². The molecule has 0 aliphatic carbocycles. The number of carbonyl (C=O) groups excluding carboxylic acids is 8. The summed E-state index contributed by atoms with van der Waals surface area (Å²) in [6.07, 6.45) is 4.19. The third-order valence-electron chi connectivity index (χ3n) is 14.6. The number of benzene rings is 4. The van der Waals surface area contributed by atoms with E-state index in [0.717, 1.165) is 34.4 Å². The van der Waals surface area contributed by atoms with Gasteiger partial charge in [0.2, 0.25) is 17.7 Å². The van der Waals surface area contributed by atoms with Crippen molar-refractivity contribution < 1.29 is 57.7 Å². The molecule has 8 rings (SSSR count). The molecule has 2 aliphatic rings. The molecule has 0 bridgehead atoms. The number of aromatic nitrogens is 2. The van der Waals surface area contributed by atoms with Gasteiger partial charge in [0.1, 0.15) is 36.7 Å². The van der Waals surface area contributed by atoms with Gasteiger partial charge in [-0.3, -0.25) is 28.8 Å². The Labute approximate surface area is 487 Å². The fourth-order valence-electron chi connectivity index (χ4n) is 10.1. The molecular formula is C63H71N9O12. The van der Waals surface area contributed by atoms with Crippen LogP contribution in [-0.4, -0.2) is 111 Å². The summed E-state index contributed by atoms with van der Waals surface area (Å²) in [4.78, 5) is 109. The van der Waals surface area contributed by atoms with E-state index in [2.05, 4.69) is 33.2 Å². The molecule has 6 aromatic rings. The average Bonchev–Trinajstić information content (AvgIpc) is 2.55. The third kappa shape index (κ3) is 14.9. The van der Waals surface area contributed by atoms with E-state index in [1.165, 1.54) is 19.1 Å². The Morgan fingerprint density at radius 2 is 1.45 bits per heavy atom. The smallest absolute Gasteiger partial charge is 0.416 e. The number of para-hydroxylation sites is 1. The molecule has 0 spiro atoms. The van der Waals surface area contributed by atoms with Crippen LogP contribution in [0.25, 0.3) is 11.1 Å². The Bertz CT molecular complexity index is 3410. The van der Waals surface area contributed by atoms with Crippen molar-refractivity contribution in [3.63, 3.8) is 0 Å². The fraction of sp³-hybridized carbons (Fsp3) is 0.333. The summed E-state index contributed by atoms with van der Waals surface area (Å²) >= 11 is 0. The number of aliphatic hydroxyl groups excluding tert-OH is 1. The molecule has 21 nitrogen and oxygen atoms in total. The Hall–Kier alpha value is -9.50.